The minimum Gasteiger partial charge on any atom is -0.598 e. The first kappa shape index (κ1) is 17.1. The highest BCUT2D eigenvalue weighted by molar-refractivity contribution is 7.90. The zero-order valence-corrected chi connectivity index (χ0v) is 13.4. The molecule has 1 aromatic rings. The first-order valence-corrected chi connectivity index (χ1v) is 7.68. The van der Waals surface area contributed by atoms with Gasteiger partial charge in [0.2, 0.25) is 0 Å². The molecule has 0 heterocycles. The van der Waals surface area contributed by atoms with Gasteiger partial charge in [0.15, 0.2) is 0 Å². The summed E-state index contributed by atoms with van der Waals surface area (Å²) in [6.45, 7) is 8.86. The maximum Gasteiger partial charge on any atom is 0.136 e. The molecule has 3 atom stereocenters. The van der Waals surface area contributed by atoms with Gasteiger partial charge in [-0.05, 0) is 33.8 Å². The monoisotopic (exact) mass is 299 g/mol. The summed E-state index contributed by atoms with van der Waals surface area (Å²) >= 11 is -1.41. The maximum atomic E-state index is 14.1. The van der Waals surface area contributed by atoms with E-state index < -0.39 is 33.4 Å². The average Bonchev–Trinajstić information content (AvgIpc) is 2.36. The van der Waals surface area contributed by atoms with Gasteiger partial charge in [-0.1, -0.05) is 25.1 Å². The molecule has 0 aliphatic carbocycles. The summed E-state index contributed by atoms with van der Waals surface area (Å²) < 4.78 is 28.9. The second kappa shape index (κ2) is 6.24. The summed E-state index contributed by atoms with van der Waals surface area (Å²) in [5.41, 5.74) is -0.678. The van der Waals surface area contributed by atoms with Crippen LogP contribution in [0.25, 0.3) is 0 Å². The van der Waals surface area contributed by atoms with Gasteiger partial charge in [-0.15, -0.1) is 4.72 Å². The molecule has 0 bridgehead atoms. The molecule has 1 aromatic carbocycles. The predicted octanol–water partition coefficient (Wildman–Crippen LogP) is 2.93. The van der Waals surface area contributed by atoms with E-state index in [0.717, 1.165) is 6.29 Å². The molecule has 0 aliphatic rings. The number of benzene rings is 1. The molecule has 1 N–H and O–H groups in total. The molecule has 3 nitrogen and oxygen atoms in total. The third-order valence-corrected chi connectivity index (χ3v) is 5.13. The van der Waals surface area contributed by atoms with Gasteiger partial charge < -0.3 is 9.35 Å². The van der Waals surface area contributed by atoms with E-state index in [-0.39, 0.29) is 0 Å². The van der Waals surface area contributed by atoms with Crippen molar-refractivity contribution < 1.29 is 13.7 Å². The van der Waals surface area contributed by atoms with Crippen molar-refractivity contribution in [2.75, 3.05) is 0 Å². The van der Waals surface area contributed by atoms with E-state index in [1.165, 1.54) is 6.07 Å². The molecule has 0 spiro atoms. The van der Waals surface area contributed by atoms with Crippen LogP contribution in [0.2, 0.25) is 0 Å². The highest BCUT2D eigenvalue weighted by Crippen LogP contribution is 2.32. The normalized spacial score (nSPS) is 18.1. The Morgan fingerprint density at radius 2 is 1.85 bits per heavy atom. The molecule has 0 aromatic heterocycles. The van der Waals surface area contributed by atoms with Crippen LogP contribution in [-0.4, -0.2) is 15.6 Å². The summed E-state index contributed by atoms with van der Waals surface area (Å²) in [6, 6.07) is 6.25. The number of nitrogens with one attached hydrogen (secondary N) is 1. The van der Waals surface area contributed by atoms with Gasteiger partial charge in [0.25, 0.3) is 0 Å². The minimum atomic E-state index is -1.41. The summed E-state index contributed by atoms with van der Waals surface area (Å²) in [5, 5.41) is 0. The van der Waals surface area contributed by atoms with Gasteiger partial charge in [0, 0.05) is 22.8 Å². The molecular weight excluding hydrogens is 277 g/mol. The number of carbonyl (C=O) groups is 1. The topological polar surface area (TPSA) is 52.2 Å². The standard InChI is InChI=1S/C15H22FNO2S/c1-11(10-18)15(5,17-20(19)14(2,3)4)12-8-6-7-9-13(12)16/h6-11,17H,1-5H3/t11-,15-,20?/m0/s1. The Hall–Kier alpha value is -0.910. The van der Waals surface area contributed by atoms with Crippen molar-refractivity contribution >= 4 is 17.6 Å². The lowest BCUT2D eigenvalue weighted by atomic mass is 9.82. The van der Waals surface area contributed by atoms with E-state index in [9.17, 15) is 13.7 Å². The highest BCUT2D eigenvalue weighted by Gasteiger charge is 2.42. The third-order valence-electron chi connectivity index (χ3n) is 3.41. The Labute approximate surface area is 123 Å². The largest absolute Gasteiger partial charge is 0.598 e. The Morgan fingerprint density at radius 1 is 1.30 bits per heavy atom. The highest BCUT2D eigenvalue weighted by atomic mass is 32.2. The number of aldehydes is 1. The van der Waals surface area contributed by atoms with Crippen LogP contribution >= 0.6 is 0 Å². The summed E-state index contributed by atoms with van der Waals surface area (Å²) in [6.07, 6.45) is 0.749. The molecule has 5 heteroatoms. The van der Waals surface area contributed by atoms with Crippen molar-refractivity contribution in [1.82, 2.24) is 4.72 Å². The van der Waals surface area contributed by atoms with E-state index in [0.29, 0.717) is 5.56 Å². The van der Waals surface area contributed by atoms with Crippen LogP contribution in [0.5, 0.6) is 0 Å². The van der Waals surface area contributed by atoms with Gasteiger partial charge in [-0.2, -0.15) is 0 Å². The SMILES string of the molecule is C[C@@H](C=O)[C@](C)(N[S+]([O-])C(C)(C)C)c1ccccc1F. The second-order valence-electron chi connectivity index (χ2n) is 6.09. The Kier molecular flexibility index (Phi) is 5.35. The van der Waals surface area contributed by atoms with Crippen LogP contribution < -0.4 is 4.72 Å². The quantitative estimate of drug-likeness (QED) is 0.672. The fraction of sp³-hybridized carbons (Fsp3) is 0.533. The van der Waals surface area contributed by atoms with Crippen molar-refractivity contribution in [2.24, 2.45) is 5.92 Å². The van der Waals surface area contributed by atoms with Crippen LogP contribution in [-0.2, 0) is 21.7 Å². The Balaban J connectivity index is 3.24. The Morgan fingerprint density at radius 3 is 2.30 bits per heavy atom. The van der Waals surface area contributed by atoms with E-state index in [2.05, 4.69) is 4.72 Å². The van der Waals surface area contributed by atoms with Gasteiger partial charge in [0.05, 0.1) is 5.54 Å². The summed E-state index contributed by atoms with van der Waals surface area (Å²) in [7, 11) is 0. The van der Waals surface area contributed by atoms with Gasteiger partial charge in [-0.25, -0.2) is 4.39 Å². The molecule has 0 radical (unpaired) electrons. The molecule has 0 saturated heterocycles. The zero-order chi connectivity index (χ0) is 15.6. The smallest absolute Gasteiger partial charge is 0.136 e. The van der Waals surface area contributed by atoms with E-state index in [1.54, 1.807) is 32.0 Å². The zero-order valence-electron chi connectivity index (χ0n) is 12.6. The molecule has 0 fully saturated rings. The van der Waals surface area contributed by atoms with E-state index in [1.807, 2.05) is 20.8 Å². The molecule has 112 valence electrons. The van der Waals surface area contributed by atoms with Crippen molar-refractivity contribution in [3.63, 3.8) is 0 Å². The van der Waals surface area contributed by atoms with Crippen molar-refractivity contribution in [2.45, 2.75) is 44.9 Å². The van der Waals surface area contributed by atoms with Crippen LogP contribution in [0.15, 0.2) is 24.3 Å². The van der Waals surface area contributed by atoms with Crippen LogP contribution in [0.1, 0.15) is 40.2 Å². The molecule has 0 amide bonds. The van der Waals surface area contributed by atoms with Gasteiger partial charge >= 0.3 is 0 Å². The van der Waals surface area contributed by atoms with Crippen LogP contribution in [0, 0.1) is 11.7 Å². The third kappa shape index (κ3) is 3.59. The lowest BCUT2D eigenvalue weighted by molar-refractivity contribution is -0.112. The maximum absolute atomic E-state index is 14.1. The number of hydrogen-bond acceptors (Lipinski definition) is 3. The molecule has 1 rings (SSSR count). The molecule has 0 saturated carbocycles. The minimum absolute atomic E-state index is 0.345. The van der Waals surface area contributed by atoms with Gasteiger partial charge in [0.1, 0.15) is 16.9 Å². The average molecular weight is 299 g/mol. The molecule has 0 aliphatic heterocycles. The van der Waals surface area contributed by atoms with Crippen molar-refractivity contribution in [1.29, 1.82) is 0 Å². The fourth-order valence-electron chi connectivity index (χ4n) is 1.76. The predicted molar refractivity (Wildman–Crippen MR) is 80.0 cm³/mol. The van der Waals surface area contributed by atoms with E-state index in [4.69, 9.17) is 0 Å². The molecule has 20 heavy (non-hydrogen) atoms. The van der Waals surface area contributed by atoms with Gasteiger partial charge in [-0.3, -0.25) is 0 Å². The van der Waals surface area contributed by atoms with E-state index >= 15 is 0 Å². The summed E-state index contributed by atoms with van der Waals surface area (Å²) in [5.74, 6) is -0.937. The Bertz CT molecular complexity index is 475. The van der Waals surface area contributed by atoms with Crippen molar-refractivity contribution in [3.8, 4) is 0 Å². The molecular formula is C15H22FNO2S. The number of carbonyl (C=O) groups excluding carboxylic acids is 1. The second-order valence-corrected chi connectivity index (χ2v) is 8.06. The van der Waals surface area contributed by atoms with Crippen LogP contribution in [0.3, 0.4) is 0 Å². The number of rotatable bonds is 5. The molecule has 1 unspecified atom stereocenters. The van der Waals surface area contributed by atoms with Crippen molar-refractivity contribution in [3.05, 3.63) is 35.6 Å². The lowest BCUT2D eigenvalue weighted by Crippen LogP contribution is -2.53. The lowest BCUT2D eigenvalue weighted by Gasteiger charge is -2.37. The number of halogens is 1. The fourth-order valence-corrected chi connectivity index (χ4v) is 2.74. The summed E-state index contributed by atoms with van der Waals surface area (Å²) in [4.78, 5) is 11.2. The first-order valence-electron chi connectivity index (χ1n) is 6.53. The van der Waals surface area contributed by atoms with Crippen LogP contribution in [0.4, 0.5) is 4.39 Å². The number of hydrogen-bond donors (Lipinski definition) is 1. The first-order chi connectivity index (χ1) is 9.13.